The first-order valence-electron chi connectivity index (χ1n) is 9.58. The summed E-state index contributed by atoms with van der Waals surface area (Å²) in [7, 11) is 0. The molecule has 152 valence electrons. The Bertz CT molecular complexity index is 1020. The molecular weight excluding hydrogens is 370 g/mol. The third-order valence-corrected chi connectivity index (χ3v) is 4.59. The zero-order chi connectivity index (χ0) is 21.0. The van der Waals surface area contributed by atoms with E-state index in [4.69, 9.17) is 4.52 Å². The molecule has 1 amide bonds. The molecule has 2 aromatic carbocycles. The number of rotatable bonds is 7. The van der Waals surface area contributed by atoms with Crippen molar-refractivity contribution in [2.24, 2.45) is 0 Å². The van der Waals surface area contributed by atoms with E-state index >= 15 is 0 Å². The maximum atomic E-state index is 12.3. The second-order valence-corrected chi connectivity index (χ2v) is 8.06. The number of aromatic nitrogens is 2. The summed E-state index contributed by atoms with van der Waals surface area (Å²) in [4.78, 5) is 28.4. The molecule has 0 saturated carbocycles. The molecule has 0 aliphatic carbocycles. The largest absolute Gasteiger partial charge is 0.479 e. The molecule has 0 saturated heterocycles. The highest BCUT2D eigenvalue weighted by Gasteiger charge is 2.23. The van der Waals surface area contributed by atoms with Crippen molar-refractivity contribution < 1.29 is 19.2 Å². The molecule has 1 aromatic heterocycles. The predicted octanol–water partition coefficient (Wildman–Crippen LogP) is 3.79. The van der Waals surface area contributed by atoms with Crippen LogP contribution in [0.15, 0.2) is 47.0 Å². The third-order valence-electron chi connectivity index (χ3n) is 4.59. The van der Waals surface area contributed by atoms with E-state index in [9.17, 15) is 14.7 Å². The summed E-state index contributed by atoms with van der Waals surface area (Å²) in [5.41, 5.74) is 0.338. The molecule has 29 heavy (non-hydrogen) atoms. The van der Waals surface area contributed by atoms with Crippen LogP contribution >= 0.6 is 0 Å². The Hall–Kier alpha value is -3.22. The van der Waals surface area contributed by atoms with E-state index in [1.54, 1.807) is 12.1 Å². The maximum Gasteiger partial charge on any atom is 0.330 e. The number of fused-ring (bicyclic) bond motifs is 1. The second kappa shape index (κ2) is 8.43. The van der Waals surface area contributed by atoms with Gasteiger partial charge in [-0.1, -0.05) is 62.3 Å². The lowest BCUT2D eigenvalue weighted by molar-refractivity contribution is -0.142. The molecule has 7 nitrogen and oxygen atoms in total. The second-order valence-electron chi connectivity index (χ2n) is 8.06. The Kier molecular flexibility index (Phi) is 5.96. The minimum Gasteiger partial charge on any atom is -0.479 e. The standard InChI is InChI=1S/C22H25N3O4/c1-22(2,3)21-24-18(29-25-21)10-6-9-17(26)23-19(20(27)28)16-12-11-14-7-4-5-8-15(14)13-16/h4-5,7-8,11-13,19H,6,9-10H2,1-3H3,(H,23,26)(H,27,28). The Morgan fingerprint density at radius 1 is 1.14 bits per heavy atom. The lowest BCUT2D eigenvalue weighted by atomic mass is 9.96. The first-order valence-corrected chi connectivity index (χ1v) is 9.58. The molecule has 3 rings (SSSR count). The van der Waals surface area contributed by atoms with E-state index in [1.165, 1.54) is 0 Å². The molecular formula is C22H25N3O4. The third kappa shape index (κ3) is 5.19. The zero-order valence-electron chi connectivity index (χ0n) is 16.8. The van der Waals surface area contributed by atoms with Crippen molar-refractivity contribution in [2.45, 2.75) is 51.5 Å². The molecule has 3 aromatic rings. The SMILES string of the molecule is CC(C)(C)c1noc(CCCC(=O)NC(C(=O)O)c2ccc3ccccc3c2)n1. The van der Waals surface area contributed by atoms with E-state index in [0.29, 0.717) is 30.1 Å². The highest BCUT2D eigenvalue weighted by atomic mass is 16.5. The van der Waals surface area contributed by atoms with Crippen molar-refractivity contribution in [1.29, 1.82) is 0 Å². The van der Waals surface area contributed by atoms with Gasteiger partial charge >= 0.3 is 5.97 Å². The Morgan fingerprint density at radius 2 is 1.86 bits per heavy atom. The van der Waals surface area contributed by atoms with E-state index in [-0.39, 0.29) is 17.7 Å². The summed E-state index contributed by atoms with van der Waals surface area (Å²) in [5, 5.41) is 18.1. The Labute approximate surface area is 169 Å². The number of benzene rings is 2. The molecule has 0 aliphatic rings. The minimum absolute atomic E-state index is 0.171. The lowest BCUT2D eigenvalue weighted by Gasteiger charge is -2.15. The van der Waals surface area contributed by atoms with Gasteiger partial charge in [-0.15, -0.1) is 0 Å². The van der Waals surface area contributed by atoms with Crippen LogP contribution in [0.5, 0.6) is 0 Å². The number of aliphatic carboxylic acids is 1. The van der Waals surface area contributed by atoms with Gasteiger partial charge in [0.15, 0.2) is 11.9 Å². The summed E-state index contributed by atoms with van der Waals surface area (Å²) in [5.74, 6) is -0.326. The number of carboxylic acids is 1. The highest BCUT2D eigenvalue weighted by molar-refractivity contribution is 5.88. The number of hydrogen-bond donors (Lipinski definition) is 2. The lowest BCUT2D eigenvalue weighted by Crippen LogP contribution is -2.33. The molecule has 0 bridgehead atoms. The number of hydrogen-bond acceptors (Lipinski definition) is 5. The quantitative estimate of drug-likeness (QED) is 0.631. The van der Waals surface area contributed by atoms with Crippen LogP contribution in [-0.4, -0.2) is 27.1 Å². The molecule has 1 heterocycles. The maximum absolute atomic E-state index is 12.3. The van der Waals surface area contributed by atoms with Crippen molar-refractivity contribution >= 4 is 22.6 Å². The van der Waals surface area contributed by atoms with Crippen molar-refractivity contribution in [3.63, 3.8) is 0 Å². The Balaban J connectivity index is 1.59. The number of nitrogens with one attached hydrogen (secondary N) is 1. The molecule has 0 aliphatic heterocycles. The summed E-state index contributed by atoms with van der Waals surface area (Å²) >= 11 is 0. The van der Waals surface area contributed by atoms with Crippen LogP contribution in [-0.2, 0) is 21.4 Å². The Morgan fingerprint density at radius 3 is 2.52 bits per heavy atom. The average molecular weight is 395 g/mol. The summed E-state index contributed by atoms with van der Waals surface area (Å²) in [6.45, 7) is 5.98. The number of amides is 1. The minimum atomic E-state index is -1.10. The molecule has 2 N–H and O–H groups in total. The normalized spacial score (nSPS) is 12.7. The summed E-state index contributed by atoms with van der Waals surface area (Å²) in [6.07, 6.45) is 1.12. The van der Waals surface area contributed by atoms with Gasteiger partial charge in [-0.3, -0.25) is 4.79 Å². The van der Waals surface area contributed by atoms with Crippen LogP contribution in [0, 0.1) is 0 Å². The van der Waals surface area contributed by atoms with Crippen molar-refractivity contribution in [1.82, 2.24) is 15.5 Å². The molecule has 1 atom stereocenters. The van der Waals surface area contributed by atoms with Gasteiger partial charge in [0, 0.05) is 18.3 Å². The van der Waals surface area contributed by atoms with Crippen molar-refractivity contribution in [2.75, 3.05) is 0 Å². The molecule has 0 fully saturated rings. The van der Waals surface area contributed by atoms with Crippen LogP contribution in [0.25, 0.3) is 10.8 Å². The van der Waals surface area contributed by atoms with Gasteiger partial charge in [-0.2, -0.15) is 4.98 Å². The fourth-order valence-electron chi connectivity index (χ4n) is 2.97. The smallest absolute Gasteiger partial charge is 0.330 e. The van der Waals surface area contributed by atoms with E-state index in [0.717, 1.165) is 10.8 Å². The van der Waals surface area contributed by atoms with Crippen molar-refractivity contribution in [3.05, 3.63) is 59.7 Å². The fraction of sp³-hybridized carbons (Fsp3) is 0.364. The topological polar surface area (TPSA) is 105 Å². The monoisotopic (exact) mass is 395 g/mol. The van der Waals surface area contributed by atoms with Gasteiger partial charge in [0.2, 0.25) is 11.8 Å². The number of carboxylic acid groups (broad SMARTS) is 1. The highest BCUT2D eigenvalue weighted by Crippen LogP contribution is 2.21. The molecule has 0 spiro atoms. The van der Waals surface area contributed by atoms with Crippen LogP contribution in [0.4, 0.5) is 0 Å². The number of carbonyl (C=O) groups is 2. The van der Waals surface area contributed by atoms with Gasteiger partial charge in [0.25, 0.3) is 0 Å². The van der Waals surface area contributed by atoms with Gasteiger partial charge in [-0.05, 0) is 28.8 Å². The zero-order valence-corrected chi connectivity index (χ0v) is 16.8. The molecule has 7 heteroatoms. The first kappa shape index (κ1) is 20.5. The number of aryl methyl sites for hydroxylation is 1. The van der Waals surface area contributed by atoms with Crippen LogP contribution in [0.2, 0.25) is 0 Å². The van der Waals surface area contributed by atoms with Crippen LogP contribution < -0.4 is 5.32 Å². The van der Waals surface area contributed by atoms with Gasteiger partial charge in [-0.25, -0.2) is 4.79 Å². The van der Waals surface area contributed by atoms with Crippen LogP contribution in [0.3, 0.4) is 0 Å². The van der Waals surface area contributed by atoms with Gasteiger partial charge in [0.05, 0.1) is 0 Å². The summed E-state index contributed by atoms with van der Waals surface area (Å²) < 4.78 is 5.22. The molecule has 0 radical (unpaired) electrons. The van der Waals surface area contributed by atoms with E-state index < -0.39 is 12.0 Å². The first-order chi connectivity index (χ1) is 13.7. The van der Waals surface area contributed by atoms with Crippen LogP contribution in [0.1, 0.15) is 56.9 Å². The van der Waals surface area contributed by atoms with Gasteiger partial charge in [0.1, 0.15) is 0 Å². The van der Waals surface area contributed by atoms with Gasteiger partial charge < -0.3 is 14.9 Å². The summed E-state index contributed by atoms with van der Waals surface area (Å²) in [6, 6.07) is 12.0. The molecule has 1 unspecified atom stereocenters. The number of nitrogens with zero attached hydrogens (tertiary/aromatic N) is 2. The van der Waals surface area contributed by atoms with E-state index in [2.05, 4.69) is 15.5 Å². The predicted molar refractivity (Wildman–Crippen MR) is 108 cm³/mol. The average Bonchev–Trinajstić information content (AvgIpc) is 3.15. The van der Waals surface area contributed by atoms with E-state index in [1.807, 2.05) is 51.1 Å². The number of carbonyl (C=O) groups excluding carboxylic acids is 1. The fourth-order valence-corrected chi connectivity index (χ4v) is 2.97. The van der Waals surface area contributed by atoms with Crippen molar-refractivity contribution in [3.8, 4) is 0 Å².